The Bertz CT molecular complexity index is 796. The molecule has 1 aliphatic rings. The first-order chi connectivity index (χ1) is 11.6. The summed E-state index contributed by atoms with van der Waals surface area (Å²) in [5.74, 6) is 0.873. The summed E-state index contributed by atoms with van der Waals surface area (Å²) in [6, 6.07) is 10.2. The van der Waals surface area contributed by atoms with Crippen molar-refractivity contribution in [1.29, 1.82) is 0 Å². The molecule has 0 radical (unpaired) electrons. The molecule has 0 aromatic heterocycles. The number of hydrogen-bond donors (Lipinski definition) is 1. The summed E-state index contributed by atoms with van der Waals surface area (Å²) in [6.45, 7) is -0.0697. The molecule has 24 heavy (non-hydrogen) atoms. The zero-order valence-corrected chi connectivity index (χ0v) is 13.8. The largest absolute Gasteiger partial charge is 0.454 e. The number of anilines is 1. The summed E-state index contributed by atoms with van der Waals surface area (Å²) in [7, 11) is 0. The van der Waals surface area contributed by atoms with E-state index in [0.717, 1.165) is 0 Å². The van der Waals surface area contributed by atoms with Gasteiger partial charge in [0, 0.05) is 17.3 Å². The molecule has 8 heteroatoms. The average Bonchev–Trinajstić information content (AvgIpc) is 3.03. The quantitative estimate of drug-likeness (QED) is 0.646. The van der Waals surface area contributed by atoms with E-state index in [1.54, 1.807) is 36.4 Å². The minimum atomic E-state index is -0.358. The molecular formula is C16H12Cl2N2O4. The van der Waals surface area contributed by atoms with E-state index >= 15 is 0 Å². The monoisotopic (exact) mass is 366 g/mol. The summed E-state index contributed by atoms with van der Waals surface area (Å²) < 4.78 is 10.4. The van der Waals surface area contributed by atoms with Gasteiger partial charge in [-0.05, 0) is 18.2 Å². The predicted molar refractivity (Wildman–Crippen MR) is 91.2 cm³/mol. The lowest BCUT2D eigenvalue weighted by molar-refractivity contribution is -0.120. The Morgan fingerprint density at radius 1 is 1.25 bits per heavy atom. The standard InChI is InChI=1S/C16H12Cl2N2O4/c17-12-3-1-2-10(16(12)18)7-19-24-8-15(21)20-11-4-5-13-14(6-11)23-9-22-13/h1-7H,8-9H2,(H,20,21)/b19-7-. The van der Waals surface area contributed by atoms with Crippen molar-refractivity contribution in [3.05, 3.63) is 52.0 Å². The molecule has 124 valence electrons. The van der Waals surface area contributed by atoms with Gasteiger partial charge in [0.05, 0.1) is 16.3 Å². The van der Waals surface area contributed by atoms with Crippen LogP contribution in [0.2, 0.25) is 10.0 Å². The lowest BCUT2D eigenvalue weighted by Crippen LogP contribution is -2.16. The molecule has 0 atom stereocenters. The van der Waals surface area contributed by atoms with E-state index in [9.17, 15) is 4.79 Å². The van der Waals surface area contributed by atoms with Crippen LogP contribution in [0.5, 0.6) is 11.5 Å². The van der Waals surface area contributed by atoms with Crippen LogP contribution in [0.15, 0.2) is 41.6 Å². The molecule has 1 N–H and O–H groups in total. The van der Waals surface area contributed by atoms with E-state index in [1.807, 2.05) is 0 Å². The van der Waals surface area contributed by atoms with E-state index in [1.165, 1.54) is 6.21 Å². The highest BCUT2D eigenvalue weighted by Gasteiger charge is 2.14. The van der Waals surface area contributed by atoms with Crippen molar-refractivity contribution in [2.45, 2.75) is 0 Å². The first-order valence-electron chi connectivity index (χ1n) is 6.92. The molecule has 0 aliphatic carbocycles. The van der Waals surface area contributed by atoms with Crippen molar-refractivity contribution in [2.75, 3.05) is 18.7 Å². The van der Waals surface area contributed by atoms with Crippen LogP contribution in [0.4, 0.5) is 5.69 Å². The summed E-state index contributed by atoms with van der Waals surface area (Å²) >= 11 is 11.9. The van der Waals surface area contributed by atoms with Crippen molar-refractivity contribution < 1.29 is 19.1 Å². The highest BCUT2D eigenvalue weighted by Crippen LogP contribution is 2.34. The number of hydrogen-bond acceptors (Lipinski definition) is 5. The highest BCUT2D eigenvalue weighted by atomic mass is 35.5. The topological polar surface area (TPSA) is 69.2 Å². The number of ether oxygens (including phenoxy) is 2. The molecule has 6 nitrogen and oxygen atoms in total. The van der Waals surface area contributed by atoms with Crippen LogP contribution in [0.1, 0.15) is 5.56 Å². The van der Waals surface area contributed by atoms with Crippen LogP contribution in [0, 0.1) is 0 Å². The highest BCUT2D eigenvalue weighted by molar-refractivity contribution is 6.43. The zero-order chi connectivity index (χ0) is 16.9. The van der Waals surface area contributed by atoms with Gasteiger partial charge in [-0.3, -0.25) is 4.79 Å². The minimum Gasteiger partial charge on any atom is -0.454 e. The molecule has 2 aromatic rings. The zero-order valence-electron chi connectivity index (χ0n) is 12.3. The number of rotatable bonds is 5. The number of oxime groups is 1. The Labute approximate surface area is 147 Å². The van der Waals surface area contributed by atoms with E-state index in [2.05, 4.69) is 10.5 Å². The molecule has 1 aliphatic heterocycles. The van der Waals surface area contributed by atoms with Gasteiger partial charge in [0.25, 0.3) is 5.91 Å². The maximum atomic E-state index is 11.8. The number of carbonyl (C=O) groups is 1. The van der Waals surface area contributed by atoms with E-state index in [-0.39, 0.29) is 19.3 Å². The number of nitrogens with one attached hydrogen (secondary N) is 1. The van der Waals surface area contributed by atoms with Gasteiger partial charge in [-0.1, -0.05) is 40.5 Å². The number of fused-ring (bicyclic) bond motifs is 1. The fraction of sp³-hybridized carbons (Fsp3) is 0.125. The maximum Gasteiger partial charge on any atom is 0.265 e. The van der Waals surface area contributed by atoms with Crippen molar-refractivity contribution in [2.24, 2.45) is 5.16 Å². The summed E-state index contributed by atoms with van der Waals surface area (Å²) in [4.78, 5) is 16.8. The van der Waals surface area contributed by atoms with Gasteiger partial charge in [-0.2, -0.15) is 0 Å². The maximum absolute atomic E-state index is 11.8. The minimum absolute atomic E-state index is 0.177. The summed E-state index contributed by atoms with van der Waals surface area (Å²) in [5.41, 5.74) is 1.18. The van der Waals surface area contributed by atoms with E-state index in [0.29, 0.717) is 32.8 Å². The van der Waals surface area contributed by atoms with Crippen molar-refractivity contribution in [1.82, 2.24) is 0 Å². The van der Waals surface area contributed by atoms with Crippen LogP contribution < -0.4 is 14.8 Å². The number of benzene rings is 2. The average molecular weight is 367 g/mol. The van der Waals surface area contributed by atoms with Gasteiger partial charge in [0.15, 0.2) is 18.1 Å². The number of nitrogens with zero attached hydrogens (tertiary/aromatic N) is 1. The molecule has 0 saturated heterocycles. The first kappa shape index (κ1) is 16.4. The van der Waals surface area contributed by atoms with Crippen molar-refractivity contribution in [3.8, 4) is 11.5 Å². The van der Waals surface area contributed by atoms with Gasteiger partial charge in [0.2, 0.25) is 6.79 Å². The summed E-state index contributed by atoms with van der Waals surface area (Å²) in [5, 5.41) is 7.17. The second-order valence-corrected chi connectivity index (χ2v) is 5.55. The third-order valence-corrected chi connectivity index (χ3v) is 3.93. The summed E-state index contributed by atoms with van der Waals surface area (Å²) in [6.07, 6.45) is 1.39. The van der Waals surface area contributed by atoms with Gasteiger partial charge in [-0.25, -0.2) is 0 Å². The molecule has 2 aromatic carbocycles. The van der Waals surface area contributed by atoms with E-state index in [4.69, 9.17) is 37.5 Å². The van der Waals surface area contributed by atoms with Crippen LogP contribution in [-0.2, 0) is 9.63 Å². The van der Waals surface area contributed by atoms with Crippen molar-refractivity contribution >= 4 is 41.0 Å². The Hall–Kier alpha value is -2.44. The molecule has 0 spiro atoms. The molecule has 1 heterocycles. The van der Waals surface area contributed by atoms with Crippen molar-refractivity contribution in [3.63, 3.8) is 0 Å². The number of carbonyl (C=O) groups excluding carboxylic acids is 1. The molecule has 3 rings (SSSR count). The first-order valence-corrected chi connectivity index (χ1v) is 7.68. The lowest BCUT2D eigenvalue weighted by Gasteiger charge is -2.05. The van der Waals surface area contributed by atoms with Crippen LogP contribution >= 0.6 is 23.2 Å². The molecule has 0 saturated carbocycles. The van der Waals surface area contributed by atoms with Gasteiger partial charge < -0.3 is 19.6 Å². The SMILES string of the molecule is O=C(CO/N=C\c1cccc(Cl)c1Cl)Nc1ccc2c(c1)OCO2. The Morgan fingerprint density at radius 2 is 2.08 bits per heavy atom. The number of amides is 1. The molecular weight excluding hydrogens is 355 g/mol. The number of halogens is 2. The van der Waals surface area contributed by atoms with Gasteiger partial charge >= 0.3 is 0 Å². The second kappa shape index (κ2) is 7.42. The Balaban J connectivity index is 1.51. The third-order valence-electron chi connectivity index (χ3n) is 3.10. The molecule has 1 amide bonds. The molecule has 0 bridgehead atoms. The third kappa shape index (κ3) is 3.90. The fourth-order valence-electron chi connectivity index (χ4n) is 1.98. The normalized spacial score (nSPS) is 12.4. The van der Waals surface area contributed by atoms with Gasteiger partial charge in [-0.15, -0.1) is 0 Å². The van der Waals surface area contributed by atoms with E-state index < -0.39 is 0 Å². The van der Waals surface area contributed by atoms with Crippen LogP contribution in [0.25, 0.3) is 0 Å². The Kier molecular flexibility index (Phi) is 5.08. The smallest absolute Gasteiger partial charge is 0.265 e. The lowest BCUT2D eigenvalue weighted by atomic mass is 10.2. The molecule has 0 unspecified atom stereocenters. The predicted octanol–water partition coefficient (Wildman–Crippen LogP) is 3.71. The van der Waals surface area contributed by atoms with Crippen LogP contribution in [-0.4, -0.2) is 25.5 Å². The molecule has 0 fully saturated rings. The fourth-order valence-corrected chi connectivity index (χ4v) is 2.34. The van der Waals surface area contributed by atoms with Crippen LogP contribution in [0.3, 0.4) is 0 Å². The second-order valence-electron chi connectivity index (χ2n) is 4.77. The Morgan fingerprint density at radius 3 is 2.96 bits per heavy atom. The van der Waals surface area contributed by atoms with Gasteiger partial charge in [0.1, 0.15) is 0 Å².